The lowest BCUT2D eigenvalue weighted by atomic mass is 10.1. The SMILES string of the molecule is CNC(=O)c1coc2nc(N(CCCCC(=O)O)S(C)(=O)=O)c(C3CC3)cc12.Cc1ccc(Cl)cc1. The highest BCUT2D eigenvalue weighted by Crippen LogP contribution is 2.45. The molecule has 1 aliphatic carbocycles. The molecule has 0 aliphatic heterocycles. The van der Waals surface area contributed by atoms with Crippen LogP contribution in [0.25, 0.3) is 11.1 Å². The van der Waals surface area contributed by atoms with Crippen molar-refractivity contribution in [2.45, 2.75) is 44.9 Å². The van der Waals surface area contributed by atoms with Crippen molar-refractivity contribution in [2.75, 3.05) is 24.2 Å². The molecule has 3 aromatic rings. The molecular formula is C25H30ClN3O6S. The Balaban J connectivity index is 0.000000383. The smallest absolute Gasteiger partial charge is 0.303 e. The number of carbonyl (C=O) groups is 2. The van der Waals surface area contributed by atoms with Crippen LogP contribution in [0, 0.1) is 6.92 Å². The summed E-state index contributed by atoms with van der Waals surface area (Å²) in [6.07, 6.45) is 5.00. The zero-order chi connectivity index (χ0) is 26.5. The van der Waals surface area contributed by atoms with E-state index in [9.17, 15) is 18.0 Å². The highest BCUT2D eigenvalue weighted by molar-refractivity contribution is 7.92. The Morgan fingerprint density at radius 2 is 1.89 bits per heavy atom. The second-order valence-corrected chi connectivity index (χ2v) is 11.1. The van der Waals surface area contributed by atoms with Crippen LogP contribution in [0.2, 0.25) is 5.02 Å². The van der Waals surface area contributed by atoms with Crippen LogP contribution in [0.1, 0.15) is 59.5 Å². The number of hydrogen-bond donors (Lipinski definition) is 2. The first kappa shape index (κ1) is 27.5. The zero-order valence-corrected chi connectivity index (χ0v) is 22.0. The molecule has 0 bridgehead atoms. The number of aromatic nitrogens is 1. The number of carbonyl (C=O) groups excluding carboxylic acids is 1. The number of pyridine rings is 1. The summed E-state index contributed by atoms with van der Waals surface area (Å²) in [6.45, 7) is 2.17. The number of aryl methyl sites for hydroxylation is 1. The van der Waals surface area contributed by atoms with E-state index >= 15 is 0 Å². The summed E-state index contributed by atoms with van der Waals surface area (Å²) in [5.41, 5.74) is 2.56. The van der Waals surface area contributed by atoms with E-state index in [0.29, 0.717) is 29.6 Å². The standard InChI is InChI=1S/C18H23N3O6S.C7H7Cl/c1-19-17(24)14-10-27-18-13(14)9-12(11-6-7-11)16(20-18)21(28(2,25)26)8-4-3-5-15(22)23;1-6-2-4-7(8)5-3-6/h9-11H,3-8H2,1-2H3,(H,19,24)(H,22,23);2-5H,1H3. The zero-order valence-electron chi connectivity index (χ0n) is 20.5. The average Bonchev–Trinajstić information content (AvgIpc) is 3.58. The lowest BCUT2D eigenvalue weighted by molar-refractivity contribution is -0.137. The third-order valence-corrected chi connectivity index (χ3v) is 7.12. The molecule has 194 valence electrons. The molecule has 1 aliphatic rings. The topological polar surface area (TPSA) is 130 Å². The molecule has 0 radical (unpaired) electrons. The van der Waals surface area contributed by atoms with Crippen LogP contribution < -0.4 is 9.62 Å². The summed E-state index contributed by atoms with van der Waals surface area (Å²) in [6, 6.07) is 9.54. The molecule has 1 amide bonds. The Morgan fingerprint density at radius 1 is 1.22 bits per heavy atom. The first-order valence-corrected chi connectivity index (χ1v) is 13.8. The second-order valence-electron chi connectivity index (χ2n) is 8.74. The third kappa shape index (κ3) is 7.20. The van der Waals surface area contributed by atoms with E-state index in [1.807, 2.05) is 31.2 Å². The third-order valence-electron chi connectivity index (χ3n) is 5.71. The summed E-state index contributed by atoms with van der Waals surface area (Å²) in [5, 5.41) is 12.7. The number of hydrogen-bond acceptors (Lipinski definition) is 6. The van der Waals surface area contributed by atoms with Gasteiger partial charge in [-0.2, -0.15) is 4.98 Å². The lowest BCUT2D eigenvalue weighted by Crippen LogP contribution is -2.32. The average molecular weight is 536 g/mol. The van der Waals surface area contributed by atoms with Gasteiger partial charge in [-0.25, -0.2) is 8.42 Å². The minimum atomic E-state index is -3.63. The van der Waals surface area contributed by atoms with Gasteiger partial charge >= 0.3 is 5.97 Å². The van der Waals surface area contributed by atoms with Gasteiger partial charge in [-0.3, -0.25) is 13.9 Å². The van der Waals surface area contributed by atoms with E-state index in [1.54, 1.807) is 6.07 Å². The van der Waals surface area contributed by atoms with Crippen LogP contribution >= 0.6 is 11.6 Å². The summed E-state index contributed by atoms with van der Waals surface area (Å²) in [7, 11) is -2.11. The second kappa shape index (κ2) is 11.7. The summed E-state index contributed by atoms with van der Waals surface area (Å²) in [4.78, 5) is 27.2. The fourth-order valence-corrected chi connectivity index (χ4v) is 4.71. The summed E-state index contributed by atoms with van der Waals surface area (Å²) in [5.74, 6) is -0.738. The molecule has 2 N–H and O–H groups in total. The molecule has 2 heterocycles. The van der Waals surface area contributed by atoms with Gasteiger partial charge in [0.25, 0.3) is 5.91 Å². The Bertz CT molecular complexity index is 1310. The number of anilines is 1. The maximum absolute atomic E-state index is 12.4. The number of aliphatic carboxylic acids is 1. The Hall–Kier alpha value is -3.11. The fourth-order valence-electron chi connectivity index (χ4n) is 3.66. The number of amides is 1. The predicted molar refractivity (Wildman–Crippen MR) is 139 cm³/mol. The van der Waals surface area contributed by atoms with Crippen LogP contribution in [0.3, 0.4) is 0 Å². The monoisotopic (exact) mass is 535 g/mol. The normalized spacial score (nSPS) is 13.1. The Labute approximate surface area is 215 Å². The van der Waals surface area contributed by atoms with Gasteiger partial charge in [0.15, 0.2) is 0 Å². The fraction of sp³-hybridized carbons (Fsp3) is 0.400. The van der Waals surface area contributed by atoms with Crippen molar-refractivity contribution in [3.05, 3.63) is 58.3 Å². The first-order chi connectivity index (χ1) is 17.0. The molecule has 11 heteroatoms. The minimum Gasteiger partial charge on any atom is -0.481 e. The molecule has 0 unspecified atom stereocenters. The van der Waals surface area contributed by atoms with Crippen molar-refractivity contribution in [3.63, 3.8) is 0 Å². The first-order valence-electron chi connectivity index (χ1n) is 11.6. The van der Waals surface area contributed by atoms with Gasteiger partial charge in [-0.05, 0) is 62.3 Å². The van der Waals surface area contributed by atoms with Crippen molar-refractivity contribution < 1.29 is 27.5 Å². The quantitative estimate of drug-likeness (QED) is 0.379. The van der Waals surface area contributed by atoms with E-state index in [2.05, 4.69) is 10.3 Å². The van der Waals surface area contributed by atoms with Crippen molar-refractivity contribution in [3.8, 4) is 0 Å². The number of benzene rings is 1. The van der Waals surface area contributed by atoms with Gasteiger partial charge in [0.1, 0.15) is 12.1 Å². The Kier molecular flexibility index (Phi) is 8.97. The molecule has 1 fully saturated rings. The van der Waals surface area contributed by atoms with E-state index in [1.165, 1.54) is 23.2 Å². The lowest BCUT2D eigenvalue weighted by Gasteiger charge is -2.23. The van der Waals surface area contributed by atoms with E-state index in [0.717, 1.165) is 29.7 Å². The minimum absolute atomic E-state index is 0.0206. The van der Waals surface area contributed by atoms with Gasteiger partial charge in [0, 0.05) is 25.0 Å². The molecule has 1 aromatic carbocycles. The molecule has 2 aromatic heterocycles. The molecule has 0 atom stereocenters. The molecule has 0 spiro atoms. The molecule has 9 nitrogen and oxygen atoms in total. The summed E-state index contributed by atoms with van der Waals surface area (Å²) >= 11 is 5.61. The number of furan rings is 1. The van der Waals surface area contributed by atoms with Crippen molar-refractivity contribution in [2.24, 2.45) is 0 Å². The van der Waals surface area contributed by atoms with Crippen LogP contribution in [-0.4, -0.2) is 50.2 Å². The molecular weight excluding hydrogens is 506 g/mol. The van der Waals surface area contributed by atoms with Gasteiger partial charge in [-0.15, -0.1) is 0 Å². The number of fused-ring (bicyclic) bond motifs is 1. The summed E-state index contributed by atoms with van der Waals surface area (Å²) < 4.78 is 31.5. The van der Waals surface area contributed by atoms with Crippen LogP contribution in [0.4, 0.5) is 5.82 Å². The van der Waals surface area contributed by atoms with Gasteiger partial charge in [0.05, 0.1) is 17.2 Å². The highest BCUT2D eigenvalue weighted by atomic mass is 35.5. The maximum atomic E-state index is 12.4. The van der Waals surface area contributed by atoms with Crippen molar-refractivity contribution in [1.82, 2.24) is 10.3 Å². The maximum Gasteiger partial charge on any atom is 0.303 e. The van der Waals surface area contributed by atoms with Crippen molar-refractivity contribution >= 4 is 50.4 Å². The molecule has 0 saturated heterocycles. The number of nitrogens with zero attached hydrogens (tertiary/aromatic N) is 2. The predicted octanol–water partition coefficient (Wildman–Crippen LogP) is 4.73. The van der Waals surface area contributed by atoms with Gasteiger partial charge in [0.2, 0.25) is 15.7 Å². The van der Waals surface area contributed by atoms with Gasteiger partial charge in [-0.1, -0.05) is 29.3 Å². The Morgan fingerprint density at radius 3 is 2.42 bits per heavy atom. The number of rotatable bonds is 9. The number of sulfonamides is 1. The number of unbranched alkanes of at least 4 members (excludes halogenated alkanes) is 1. The molecule has 4 rings (SSSR count). The van der Waals surface area contributed by atoms with E-state index in [4.69, 9.17) is 21.1 Å². The van der Waals surface area contributed by atoms with Crippen LogP contribution in [-0.2, 0) is 14.8 Å². The number of halogens is 1. The van der Waals surface area contributed by atoms with E-state index < -0.39 is 16.0 Å². The van der Waals surface area contributed by atoms with Crippen LogP contribution in [0.5, 0.6) is 0 Å². The number of carboxylic acids is 1. The number of carboxylic acid groups (broad SMARTS) is 1. The molecule has 36 heavy (non-hydrogen) atoms. The van der Waals surface area contributed by atoms with Crippen molar-refractivity contribution in [1.29, 1.82) is 0 Å². The molecule has 1 saturated carbocycles. The largest absolute Gasteiger partial charge is 0.481 e. The number of nitrogens with one attached hydrogen (secondary N) is 1. The highest BCUT2D eigenvalue weighted by Gasteiger charge is 2.33. The van der Waals surface area contributed by atoms with Crippen LogP contribution in [0.15, 0.2) is 41.0 Å². The van der Waals surface area contributed by atoms with E-state index in [-0.39, 0.29) is 30.5 Å². The van der Waals surface area contributed by atoms with Gasteiger partial charge < -0.3 is 14.8 Å².